The molecule has 0 aromatic carbocycles. The van der Waals surface area contributed by atoms with E-state index in [2.05, 4.69) is 26.1 Å². The van der Waals surface area contributed by atoms with E-state index in [0.717, 1.165) is 32.5 Å². The maximum absolute atomic E-state index is 11.9. The number of carbonyl (C=O) groups is 1. The lowest BCUT2D eigenvalue weighted by Gasteiger charge is -2.41. The number of piperidine rings is 1. The zero-order valence-electron chi connectivity index (χ0n) is 11.2. The van der Waals surface area contributed by atoms with Gasteiger partial charge < -0.3 is 10.1 Å². The summed E-state index contributed by atoms with van der Waals surface area (Å²) < 4.78 is 5.30. The van der Waals surface area contributed by atoms with Crippen molar-refractivity contribution < 1.29 is 9.53 Å². The number of hydrogen-bond acceptors (Lipinski definition) is 3. The molecule has 0 aromatic rings. The van der Waals surface area contributed by atoms with Crippen LogP contribution in [0.15, 0.2) is 0 Å². The second kappa shape index (κ2) is 4.84. The summed E-state index contributed by atoms with van der Waals surface area (Å²) in [6, 6.07) is 0. The number of nitrogens with one attached hydrogen (secondary N) is 1. The quantitative estimate of drug-likeness (QED) is 0.818. The first kappa shape index (κ1) is 12.7. The summed E-state index contributed by atoms with van der Waals surface area (Å²) in [5, 5.41) is 3.38. The smallest absolute Gasteiger partial charge is 0.410 e. The van der Waals surface area contributed by atoms with Gasteiger partial charge in [-0.15, -0.1) is 0 Å². The van der Waals surface area contributed by atoms with Crippen molar-refractivity contribution in [2.45, 2.75) is 39.2 Å². The predicted octanol–water partition coefficient (Wildman–Crippen LogP) is 1.85. The molecule has 0 saturated carbocycles. The van der Waals surface area contributed by atoms with E-state index in [1.807, 2.05) is 4.90 Å². The van der Waals surface area contributed by atoms with E-state index in [4.69, 9.17) is 4.74 Å². The van der Waals surface area contributed by atoms with Crippen molar-refractivity contribution in [2.24, 2.45) is 11.8 Å². The van der Waals surface area contributed by atoms with Crippen molar-refractivity contribution in [2.75, 3.05) is 26.2 Å². The van der Waals surface area contributed by atoms with Crippen molar-refractivity contribution >= 4 is 6.09 Å². The van der Waals surface area contributed by atoms with Crippen molar-refractivity contribution in [3.8, 4) is 0 Å². The molecule has 0 aromatic heterocycles. The lowest BCUT2D eigenvalue weighted by atomic mass is 9.79. The van der Waals surface area contributed by atoms with Gasteiger partial charge in [-0.2, -0.15) is 0 Å². The van der Waals surface area contributed by atoms with Crippen LogP contribution in [0.25, 0.3) is 0 Å². The van der Waals surface area contributed by atoms with Crippen LogP contribution in [0.3, 0.4) is 0 Å². The van der Waals surface area contributed by atoms with Gasteiger partial charge in [0.1, 0.15) is 6.61 Å². The number of amides is 1. The number of carbonyl (C=O) groups excluding carboxylic acids is 1. The summed E-state index contributed by atoms with van der Waals surface area (Å²) >= 11 is 0. The molecule has 4 heteroatoms. The van der Waals surface area contributed by atoms with Crippen LogP contribution >= 0.6 is 0 Å². The topological polar surface area (TPSA) is 41.6 Å². The molecule has 1 amide bonds. The largest absolute Gasteiger partial charge is 0.447 e. The van der Waals surface area contributed by atoms with Crippen LogP contribution in [0.1, 0.15) is 33.6 Å². The van der Waals surface area contributed by atoms with Crippen LogP contribution in [-0.2, 0) is 4.74 Å². The van der Waals surface area contributed by atoms with Gasteiger partial charge in [0.05, 0.1) is 5.54 Å². The minimum absolute atomic E-state index is 0.0938. The molecule has 2 heterocycles. The molecule has 0 spiro atoms. The lowest BCUT2D eigenvalue weighted by molar-refractivity contribution is 0.0859. The molecular weight excluding hydrogens is 216 g/mol. The molecule has 2 rings (SSSR count). The van der Waals surface area contributed by atoms with Gasteiger partial charge in [-0.3, -0.25) is 4.90 Å². The number of hydrogen-bond donors (Lipinski definition) is 1. The van der Waals surface area contributed by atoms with E-state index in [9.17, 15) is 4.79 Å². The Morgan fingerprint density at radius 1 is 1.47 bits per heavy atom. The zero-order valence-corrected chi connectivity index (χ0v) is 11.2. The minimum atomic E-state index is -0.125. The van der Waals surface area contributed by atoms with Crippen molar-refractivity contribution in [1.82, 2.24) is 10.2 Å². The number of rotatable bonds is 3. The monoisotopic (exact) mass is 240 g/mol. The van der Waals surface area contributed by atoms with Crippen molar-refractivity contribution in [1.29, 1.82) is 0 Å². The number of cyclic esters (lactones) is 1. The predicted molar refractivity (Wildman–Crippen MR) is 66.9 cm³/mol. The van der Waals surface area contributed by atoms with Gasteiger partial charge in [0.2, 0.25) is 0 Å². The van der Waals surface area contributed by atoms with E-state index >= 15 is 0 Å². The Morgan fingerprint density at radius 2 is 2.12 bits per heavy atom. The lowest BCUT2D eigenvalue weighted by Crippen LogP contribution is -2.54. The summed E-state index contributed by atoms with van der Waals surface area (Å²) in [6.45, 7) is 9.97. The van der Waals surface area contributed by atoms with E-state index in [1.54, 1.807) is 0 Å². The highest BCUT2D eigenvalue weighted by Crippen LogP contribution is 2.36. The van der Waals surface area contributed by atoms with Gasteiger partial charge in [-0.25, -0.2) is 4.79 Å². The summed E-state index contributed by atoms with van der Waals surface area (Å²) in [6.07, 6.45) is 2.16. The van der Waals surface area contributed by atoms with E-state index < -0.39 is 0 Å². The summed E-state index contributed by atoms with van der Waals surface area (Å²) in [4.78, 5) is 13.8. The Bertz CT molecular complexity index is 287. The molecule has 2 saturated heterocycles. The molecule has 1 N–H and O–H groups in total. The maximum atomic E-state index is 11.9. The van der Waals surface area contributed by atoms with Gasteiger partial charge in [-0.05, 0) is 44.7 Å². The fourth-order valence-corrected chi connectivity index (χ4v) is 3.00. The van der Waals surface area contributed by atoms with Crippen LogP contribution in [0.2, 0.25) is 0 Å². The standard InChI is InChI=1S/C13H24N2O2/c1-10(2)8-15-12(16)17-9-13(15,3)11-4-6-14-7-5-11/h10-11,14H,4-9H2,1-3H3. The third-order valence-corrected chi connectivity index (χ3v) is 4.09. The van der Waals surface area contributed by atoms with Crippen LogP contribution < -0.4 is 5.32 Å². The fraction of sp³-hybridized carbons (Fsp3) is 0.923. The molecular formula is C13H24N2O2. The number of ether oxygens (including phenoxy) is 1. The third kappa shape index (κ3) is 2.41. The fourth-order valence-electron chi connectivity index (χ4n) is 3.00. The molecule has 1 atom stereocenters. The maximum Gasteiger partial charge on any atom is 0.410 e. The molecule has 1 unspecified atom stereocenters. The molecule has 4 nitrogen and oxygen atoms in total. The second-order valence-electron chi connectivity index (χ2n) is 5.94. The van der Waals surface area contributed by atoms with E-state index in [1.165, 1.54) is 0 Å². The summed E-state index contributed by atoms with van der Waals surface area (Å²) in [7, 11) is 0. The first-order chi connectivity index (χ1) is 8.04. The molecule has 2 aliphatic rings. The van der Waals surface area contributed by atoms with Crippen LogP contribution in [0.5, 0.6) is 0 Å². The van der Waals surface area contributed by atoms with Crippen LogP contribution in [0, 0.1) is 11.8 Å². The Hall–Kier alpha value is -0.770. The normalized spacial score (nSPS) is 31.1. The van der Waals surface area contributed by atoms with Gasteiger partial charge in [0, 0.05) is 6.54 Å². The summed E-state index contributed by atoms with van der Waals surface area (Å²) in [5.74, 6) is 1.05. The van der Waals surface area contributed by atoms with Crippen molar-refractivity contribution in [3.63, 3.8) is 0 Å². The first-order valence-corrected chi connectivity index (χ1v) is 6.69. The molecule has 17 heavy (non-hydrogen) atoms. The Labute approximate surface area is 104 Å². The van der Waals surface area contributed by atoms with Gasteiger partial charge in [0.25, 0.3) is 0 Å². The zero-order chi connectivity index (χ0) is 12.5. The van der Waals surface area contributed by atoms with E-state index in [-0.39, 0.29) is 11.6 Å². The Kier molecular flexibility index (Phi) is 3.61. The average molecular weight is 240 g/mol. The number of nitrogens with zero attached hydrogens (tertiary/aromatic N) is 1. The van der Waals surface area contributed by atoms with Gasteiger partial charge >= 0.3 is 6.09 Å². The molecule has 0 bridgehead atoms. The van der Waals surface area contributed by atoms with Crippen molar-refractivity contribution in [3.05, 3.63) is 0 Å². The third-order valence-electron chi connectivity index (χ3n) is 4.09. The SMILES string of the molecule is CC(C)CN1C(=O)OCC1(C)C1CCNCC1. The highest BCUT2D eigenvalue weighted by atomic mass is 16.6. The minimum Gasteiger partial charge on any atom is -0.447 e. The van der Waals surface area contributed by atoms with E-state index in [0.29, 0.717) is 18.4 Å². The van der Waals surface area contributed by atoms with Gasteiger partial charge in [0.15, 0.2) is 0 Å². The summed E-state index contributed by atoms with van der Waals surface area (Å²) in [5.41, 5.74) is -0.0938. The first-order valence-electron chi connectivity index (χ1n) is 6.69. The van der Waals surface area contributed by atoms with Crippen LogP contribution in [-0.4, -0.2) is 42.8 Å². The average Bonchev–Trinajstić information content (AvgIpc) is 2.59. The molecule has 0 aliphatic carbocycles. The molecule has 98 valence electrons. The Balaban J connectivity index is 2.12. The Morgan fingerprint density at radius 3 is 2.71 bits per heavy atom. The highest BCUT2D eigenvalue weighted by molar-refractivity contribution is 5.71. The molecule has 0 radical (unpaired) electrons. The molecule has 2 aliphatic heterocycles. The van der Waals surface area contributed by atoms with Crippen LogP contribution in [0.4, 0.5) is 4.79 Å². The molecule has 2 fully saturated rings. The van der Waals surface area contributed by atoms with Gasteiger partial charge in [-0.1, -0.05) is 13.8 Å². The highest BCUT2D eigenvalue weighted by Gasteiger charge is 2.48. The second-order valence-corrected chi connectivity index (χ2v) is 5.94.